The second kappa shape index (κ2) is 3.64. The molecule has 2 heterocycles. The van der Waals surface area contributed by atoms with E-state index in [-0.39, 0.29) is 23.5 Å². The maximum absolute atomic E-state index is 11.5. The molecule has 0 unspecified atom stereocenters. The number of nitrogens with zero attached hydrogens (tertiary/aromatic N) is 3. The molecule has 2 amide bonds. The van der Waals surface area contributed by atoms with Crippen LogP contribution < -0.4 is 4.90 Å². The molecule has 1 aromatic rings. The van der Waals surface area contributed by atoms with Crippen LogP contribution in [-0.2, 0) is 9.59 Å². The fourth-order valence-corrected chi connectivity index (χ4v) is 1.41. The monoisotopic (exact) mass is 207 g/mol. The molecule has 0 aromatic carbocycles. The van der Waals surface area contributed by atoms with E-state index < -0.39 is 0 Å². The number of aromatic hydroxyl groups is 1. The lowest BCUT2D eigenvalue weighted by Gasteiger charge is -2.22. The minimum absolute atomic E-state index is 0.0301. The van der Waals surface area contributed by atoms with Gasteiger partial charge in [0, 0.05) is 12.8 Å². The molecule has 6 nitrogen and oxygen atoms in total. The quantitative estimate of drug-likeness (QED) is 0.666. The highest BCUT2D eigenvalue weighted by atomic mass is 16.3. The number of imide groups is 1. The molecule has 1 aliphatic rings. The molecule has 1 fully saturated rings. The van der Waals surface area contributed by atoms with Gasteiger partial charge in [0.05, 0.1) is 12.4 Å². The predicted molar refractivity (Wildman–Crippen MR) is 50.0 cm³/mol. The first-order chi connectivity index (χ1) is 7.18. The molecule has 0 radical (unpaired) electrons. The first-order valence-corrected chi connectivity index (χ1v) is 4.55. The average Bonchev–Trinajstić information content (AvgIpc) is 2.20. The molecule has 0 spiro atoms. The second-order valence-corrected chi connectivity index (χ2v) is 3.22. The first kappa shape index (κ1) is 9.57. The molecule has 6 heteroatoms. The van der Waals surface area contributed by atoms with Gasteiger partial charge in [-0.2, -0.15) is 0 Å². The molecule has 1 saturated heterocycles. The van der Waals surface area contributed by atoms with E-state index in [2.05, 4.69) is 9.97 Å². The molecule has 0 aliphatic carbocycles. The van der Waals surface area contributed by atoms with Gasteiger partial charge in [0.1, 0.15) is 0 Å². The summed E-state index contributed by atoms with van der Waals surface area (Å²) in [5.41, 5.74) is 0. The third kappa shape index (κ3) is 1.78. The lowest BCUT2D eigenvalue weighted by atomic mass is 10.1. The van der Waals surface area contributed by atoms with Crippen LogP contribution in [0.1, 0.15) is 19.3 Å². The zero-order valence-corrected chi connectivity index (χ0v) is 7.88. The minimum atomic E-state index is -0.295. The number of hydrogen-bond donors (Lipinski definition) is 1. The molecule has 78 valence electrons. The molecule has 1 aromatic heterocycles. The maximum atomic E-state index is 11.5. The van der Waals surface area contributed by atoms with E-state index in [9.17, 15) is 9.59 Å². The fourth-order valence-electron chi connectivity index (χ4n) is 1.41. The summed E-state index contributed by atoms with van der Waals surface area (Å²) < 4.78 is 0. The van der Waals surface area contributed by atoms with E-state index in [1.807, 2.05) is 0 Å². The fraction of sp³-hybridized carbons (Fsp3) is 0.333. The Labute approximate surface area is 85.6 Å². The molecule has 15 heavy (non-hydrogen) atoms. The summed E-state index contributed by atoms with van der Waals surface area (Å²) in [6.45, 7) is 0. The lowest BCUT2D eigenvalue weighted by molar-refractivity contribution is -0.129. The van der Waals surface area contributed by atoms with E-state index in [1.54, 1.807) is 0 Å². The highest BCUT2D eigenvalue weighted by Gasteiger charge is 2.29. The Morgan fingerprint density at radius 3 is 2.20 bits per heavy atom. The molecule has 0 saturated carbocycles. The van der Waals surface area contributed by atoms with Crippen molar-refractivity contribution >= 4 is 17.8 Å². The Hall–Kier alpha value is -1.98. The number of carbonyl (C=O) groups is 2. The van der Waals surface area contributed by atoms with Gasteiger partial charge in [0.15, 0.2) is 5.75 Å². The predicted octanol–water partition coefficient (Wildman–Crippen LogP) is 0.226. The van der Waals surface area contributed by atoms with E-state index in [0.717, 1.165) is 17.3 Å². The van der Waals surface area contributed by atoms with Gasteiger partial charge in [0.25, 0.3) is 0 Å². The summed E-state index contributed by atoms with van der Waals surface area (Å²) in [5.74, 6) is -0.660. The summed E-state index contributed by atoms with van der Waals surface area (Å²) in [6.07, 6.45) is 3.53. The number of rotatable bonds is 1. The van der Waals surface area contributed by atoms with Crippen molar-refractivity contribution < 1.29 is 14.7 Å². The van der Waals surface area contributed by atoms with Gasteiger partial charge in [-0.3, -0.25) is 9.59 Å². The van der Waals surface area contributed by atoms with E-state index in [4.69, 9.17) is 5.11 Å². The average molecular weight is 207 g/mol. The van der Waals surface area contributed by atoms with Gasteiger partial charge in [-0.25, -0.2) is 14.9 Å². The number of carbonyl (C=O) groups excluding carboxylic acids is 2. The number of anilines is 1. The summed E-state index contributed by atoms with van der Waals surface area (Å²) in [5, 5.41) is 8.97. The van der Waals surface area contributed by atoms with Crippen LogP contribution in [0.5, 0.6) is 5.75 Å². The van der Waals surface area contributed by atoms with Crippen molar-refractivity contribution in [3.63, 3.8) is 0 Å². The van der Waals surface area contributed by atoms with Crippen LogP contribution >= 0.6 is 0 Å². The van der Waals surface area contributed by atoms with Crippen LogP contribution in [0.2, 0.25) is 0 Å². The largest absolute Gasteiger partial charge is 0.505 e. The molecular formula is C9H9N3O3. The Morgan fingerprint density at radius 2 is 1.67 bits per heavy atom. The van der Waals surface area contributed by atoms with Crippen molar-refractivity contribution in [3.8, 4) is 5.75 Å². The van der Waals surface area contributed by atoms with Crippen molar-refractivity contribution in [3.05, 3.63) is 12.4 Å². The zero-order valence-electron chi connectivity index (χ0n) is 7.88. The SMILES string of the molecule is O=C1CCCC(=O)N1c1ncc(O)cn1. The normalized spacial score (nSPS) is 16.9. The third-order valence-corrected chi connectivity index (χ3v) is 2.10. The Bertz CT molecular complexity index is 386. The summed E-state index contributed by atoms with van der Waals surface area (Å²) in [6, 6.07) is 0. The zero-order chi connectivity index (χ0) is 10.8. The first-order valence-electron chi connectivity index (χ1n) is 4.55. The number of piperidine rings is 1. The van der Waals surface area contributed by atoms with Crippen molar-refractivity contribution in [2.75, 3.05) is 4.90 Å². The highest BCUT2D eigenvalue weighted by Crippen LogP contribution is 2.18. The van der Waals surface area contributed by atoms with Crippen LogP contribution in [0, 0.1) is 0 Å². The molecular weight excluding hydrogens is 198 g/mol. The van der Waals surface area contributed by atoms with E-state index in [1.165, 1.54) is 0 Å². The van der Waals surface area contributed by atoms with Crippen molar-refractivity contribution in [1.82, 2.24) is 9.97 Å². The molecule has 2 rings (SSSR count). The minimum Gasteiger partial charge on any atom is -0.505 e. The topological polar surface area (TPSA) is 83.4 Å². The van der Waals surface area contributed by atoms with Gasteiger partial charge in [-0.05, 0) is 6.42 Å². The van der Waals surface area contributed by atoms with Crippen LogP contribution in [0.25, 0.3) is 0 Å². The second-order valence-electron chi connectivity index (χ2n) is 3.22. The van der Waals surface area contributed by atoms with Gasteiger partial charge < -0.3 is 5.11 Å². The molecule has 1 N–H and O–H groups in total. The third-order valence-electron chi connectivity index (χ3n) is 2.10. The smallest absolute Gasteiger partial charge is 0.239 e. The van der Waals surface area contributed by atoms with Crippen LogP contribution in [0.4, 0.5) is 5.95 Å². The van der Waals surface area contributed by atoms with Crippen molar-refractivity contribution in [2.45, 2.75) is 19.3 Å². The van der Waals surface area contributed by atoms with Crippen LogP contribution in [0.3, 0.4) is 0 Å². The van der Waals surface area contributed by atoms with Crippen molar-refractivity contribution in [2.24, 2.45) is 0 Å². The summed E-state index contributed by atoms with van der Waals surface area (Å²) in [4.78, 5) is 31.3. The van der Waals surface area contributed by atoms with Gasteiger partial charge in [-0.15, -0.1) is 0 Å². The van der Waals surface area contributed by atoms with Gasteiger partial charge in [-0.1, -0.05) is 0 Å². The Kier molecular flexibility index (Phi) is 2.32. The van der Waals surface area contributed by atoms with E-state index >= 15 is 0 Å². The van der Waals surface area contributed by atoms with Gasteiger partial charge in [0.2, 0.25) is 17.8 Å². The molecule has 0 bridgehead atoms. The molecule has 0 atom stereocenters. The number of amides is 2. The van der Waals surface area contributed by atoms with Gasteiger partial charge >= 0.3 is 0 Å². The maximum Gasteiger partial charge on any atom is 0.239 e. The Balaban J connectivity index is 2.31. The molecule has 1 aliphatic heterocycles. The summed E-state index contributed by atoms with van der Waals surface area (Å²) >= 11 is 0. The highest BCUT2D eigenvalue weighted by molar-refractivity contribution is 6.15. The number of aromatic nitrogens is 2. The lowest BCUT2D eigenvalue weighted by Crippen LogP contribution is -2.41. The number of hydrogen-bond acceptors (Lipinski definition) is 5. The van der Waals surface area contributed by atoms with Crippen LogP contribution in [0.15, 0.2) is 12.4 Å². The van der Waals surface area contributed by atoms with Crippen molar-refractivity contribution in [1.29, 1.82) is 0 Å². The standard InChI is InChI=1S/C9H9N3O3/c13-6-4-10-9(11-5-6)12-7(14)2-1-3-8(12)15/h4-5,13H,1-3H2. The van der Waals surface area contributed by atoms with Crippen LogP contribution in [-0.4, -0.2) is 26.9 Å². The summed E-state index contributed by atoms with van der Waals surface area (Å²) in [7, 11) is 0. The Morgan fingerprint density at radius 1 is 1.13 bits per heavy atom. The van der Waals surface area contributed by atoms with E-state index in [0.29, 0.717) is 19.3 Å².